The quantitative estimate of drug-likeness (QED) is 0.209. The molecular weight excluding hydrogens is 706 g/mol. The SMILES string of the molecule is N#Cc1c([Se]C([Se]c2nnc(-c3ccccc3)c(-c3ccccc3)c2C#N)C(=O)O)nnc(-c2ccccc2)c1-c1ccccc1. The van der Waals surface area contributed by atoms with E-state index in [0.717, 1.165) is 22.3 Å². The third-order valence-corrected chi connectivity index (χ3v) is 12.9. The number of rotatable bonds is 9. The fourth-order valence-corrected chi connectivity index (χ4v) is 10.3. The van der Waals surface area contributed by atoms with Crippen molar-refractivity contribution in [2.24, 2.45) is 0 Å². The third kappa shape index (κ3) is 6.34. The molecule has 6 aromatic rings. The van der Waals surface area contributed by atoms with Crippen LogP contribution < -0.4 is 9.18 Å². The molecule has 0 fully saturated rings. The number of carbonyl (C=O) groups is 1. The van der Waals surface area contributed by atoms with Crippen molar-refractivity contribution in [3.63, 3.8) is 0 Å². The van der Waals surface area contributed by atoms with Gasteiger partial charge in [0.25, 0.3) is 0 Å². The van der Waals surface area contributed by atoms with Gasteiger partial charge in [0, 0.05) is 0 Å². The normalized spacial score (nSPS) is 10.7. The van der Waals surface area contributed by atoms with Crippen LogP contribution in [0.4, 0.5) is 0 Å². The molecule has 0 aliphatic rings. The molecule has 0 radical (unpaired) electrons. The summed E-state index contributed by atoms with van der Waals surface area (Å²) in [4.78, 5) is 12.8. The maximum absolute atomic E-state index is 12.8. The van der Waals surface area contributed by atoms with E-state index < -0.39 is 39.6 Å². The van der Waals surface area contributed by atoms with Gasteiger partial charge in [0.15, 0.2) is 0 Å². The van der Waals surface area contributed by atoms with E-state index in [1.165, 1.54) is 0 Å². The van der Waals surface area contributed by atoms with Crippen molar-refractivity contribution in [1.82, 2.24) is 20.4 Å². The predicted octanol–water partition coefficient (Wildman–Crippen LogP) is 4.87. The Morgan fingerprint density at radius 2 is 0.870 bits per heavy atom. The second kappa shape index (κ2) is 14.1. The van der Waals surface area contributed by atoms with Crippen LogP contribution in [0.2, 0.25) is 3.71 Å². The molecule has 0 aliphatic carbocycles. The summed E-state index contributed by atoms with van der Waals surface area (Å²) in [5.41, 5.74) is 6.03. The van der Waals surface area contributed by atoms with E-state index >= 15 is 0 Å². The van der Waals surface area contributed by atoms with Crippen molar-refractivity contribution >= 4 is 45.1 Å². The number of aliphatic carboxylic acids is 1. The van der Waals surface area contributed by atoms with Crippen LogP contribution in [0.5, 0.6) is 0 Å². The molecule has 2 aromatic heterocycles. The molecule has 0 spiro atoms. The van der Waals surface area contributed by atoms with Gasteiger partial charge in [0.2, 0.25) is 0 Å². The molecule has 8 nitrogen and oxygen atoms in total. The fraction of sp³-hybridized carbons (Fsp3) is 0.0278. The first kappa shape index (κ1) is 30.6. The van der Waals surface area contributed by atoms with Gasteiger partial charge < -0.3 is 0 Å². The van der Waals surface area contributed by atoms with Crippen LogP contribution >= 0.6 is 0 Å². The van der Waals surface area contributed by atoms with Crippen molar-refractivity contribution < 1.29 is 9.90 Å². The molecule has 46 heavy (non-hydrogen) atoms. The minimum absolute atomic E-state index is 0.290. The number of aromatic nitrogens is 4. The minimum atomic E-state index is -1.06. The zero-order valence-electron chi connectivity index (χ0n) is 24.0. The van der Waals surface area contributed by atoms with Gasteiger partial charge in [-0.15, -0.1) is 0 Å². The van der Waals surface area contributed by atoms with Crippen LogP contribution in [-0.2, 0) is 4.79 Å². The summed E-state index contributed by atoms with van der Waals surface area (Å²) in [7, 11) is 0. The van der Waals surface area contributed by atoms with Crippen LogP contribution in [-0.4, -0.2) is 61.4 Å². The summed E-state index contributed by atoms with van der Waals surface area (Å²) in [6, 6.07) is 42.4. The Morgan fingerprint density at radius 3 is 1.17 bits per heavy atom. The fourth-order valence-electron chi connectivity index (χ4n) is 4.91. The molecule has 10 heteroatoms. The summed E-state index contributed by atoms with van der Waals surface area (Å²) in [5, 5.41) is 49.3. The van der Waals surface area contributed by atoms with Gasteiger partial charge in [0.05, 0.1) is 0 Å². The Bertz CT molecular complexity index is 1950. The Morgan fingerprint density at radius 1 is 0.543 bits per heavy atom. The molecule has 4 aromatic carbocycles. The number of nitriles is 2. The molecule has 6 rings (SSSR count). The zero-order valence-corrected chi connectivity index (χ0v) is 27.4. The Labute approximate surface area is 277 Å². The van der Waals surface area contributed by atoms with Crippen molar-refractivity contribution in [2.45, 2.75) is 3.71 Å². The van der Waals surface area contributed by atoms with Crippen LogP contribution in [0.15, 0.2) is 121 Å². The van der Waals surface area contributed by atoms with Gasteiger partial charge in [-0.1, -0.05) is 0 Å². The first-order valence-electron chi connectivity index (χ1n) is 14.0. The second-order valence-corrected chi connectivity index (χ2v) is 15.9. The number of nitrogens with zero attached hydrogens (tertiary/aromatic N) is 6. The van der Waals surface area contributed by atoms with Gasteiger partial charge in [-0.3, -0.25) is 0 Å². The van der Waals surface area contributed by atoms with E-state index in [1.54, 1.807) is 0 Å². The molecule has 2 heterocycles. The number of hydrogen-bond donors (Lipinski definition) is 1. The Hall–Kier alpha value is -5.47. The van der Waals surface area contributed by atoms with Gasteiger partial charge in [-0.05, 0) is 0 Å². The number of benzene rings is 4. The number of carboxylic acid groups (broad SMARTS) is 1. The van der Waals surface area contributed by atoms with Crippen molar-refractivity contribution in [1.29, 1.82) is 10.5 Å². The van der Waals surface area contributed by atoms with E-state index in [-0.39, 0.29) is 11.1 Å². The molecule has 0 bridgehead atoms. The van der Waals surface area contributed by atoms with Gasteiger partial charge in [0.1, 0.15) is 0 Å². The van der Waals surface area contributed by atoms with Gasteiger partial charge in [-0.25, -0.2) is 0 Å². The summed E-state index contributed by atoms with van der Waals surface area (Å²) in [6.07, 6.45) is 0. The van der Waals surface area contributed by atoms with E-state index in [9.17, 15) is 20.4 Å². The van der Waals surface area contributed by atoms with Crippen LogP contribution in [0, 0.1) is 22.7 Å². The molecule has 0 amide bonds. The second-order valence-electron chi connectivity index (χ2n) is 9.80. The average molecular weight is 729 g/mol. The summed E-state index contributed by atoms with van der Waals surface area (Å²) in [5.74, 6) is -1.06. The molecule has 0 unspecified atom stereocenters. The Kier molecular flexibility index (Phi) is 9.36. The summed E-state index contributed by atoms with van der Waals surface area (Å²) >= 11 is -1.66. The van der Waals surface area contributed by atoms with E-state index in [2.05, 4.69) is 32.5 Å². The Balaban J connectivity index is 1.45. The van der Waals surface area contributed by atoms with Crippen molar-refractivity contribution in [3.05, 3.63) is 132 Å². The molecule has 220 valence electrons. The van der Waals surface area contributed by atoms with E-state index in [4.69, 9.17) is 0 Å². The average Bonchev–Trinajstić information content (AvgIpc) is 3.12. The molecular formula is C36H22N6O2Se2. The topological polar surface area (TPSA) is 136 Å². The molecule has 0 atom stereocenters. The summed E-state index contributed by atoms with van der Waals surface area (Å²) < 4.78 is -0.280. The molecule has 1 N–H and O–H groups in total. The van der Waals surface area contributed by atoms with Crippen LogP contribution in [0.1, 0.15) is 11.1 Å². The van der Waals surface area contributed by atoms with Gasteiger partial charge >= 0.3 is 279 Å². The predicted molar refractivity (Wildman–Crippen MR) is 177 cm³/mol. The third-order valence-electron chi connectivity index (χ3n) is 6.96. The van der Waals surface area contributed by atoms with Crippen molar-refractivity contribution in [2.75, 3.05) is 0 Å². The van der Waals surface area contributed by atoms with E-state index in [1.807, 2.05) is 121 Å². The zero-order chi connectivity index (χ0) is 31.9. The molecule has 0 aliphatic heterocycles. The first-order valence-corrected chi connectivity index (χ1v) is 17.7. The van der Waals surface area contributed by atoms with Crippen LogP contribution in [0.3, 0.4) is 0 Å². The summed E-state index contributed by atoms with van der Waals surface area (Å²) in [6.45, 7) is 0. The maximum atomic E-state index is 12.8. The van der Waals surface area contributed by atoms with Crippen LogP contribution in [0.25, 0.3) is 44.8 Å². The number of carboxylic acids is 1. The van der Waals surface area contributed by atoms with Crippen molar-refractivity contribution in [3.8, 4) is 56.9 Å². The first-order chi connectivity index (χ1) is 22.6. The standard InChI is InChI=1S/C36H22N6O2Se2/c37-21-27-29(23-13-5-1-6-14-23)31(25-17-9-3-10-18-25)39-41-33(27)45-36(35(43)44)46-34-28(22-38)30(24-15-7-2-8-16-24)32(40-42-34)26-19-11-4-12-20-26/h1-20,36H,(H,43,44). The number of hydrogen-bond acceptors (Lipinski definition) is 7. The molecule has 0 saturated carbocycles. The molecule has 0 saturated heterocycles. The monoisotopic (exact) mass is 730 g/mol. The van der Waals surface area contributed by atoms with E-state index in [0.29, 0.717) is 31.7 Å². The van der Waals surface area contributed by atoms with Gasteiger partial charge in [-0.2, -0.15) is 0 Å².